The van der Waals surface area contributed by atoms with Gasteiger partial charge in [-0.3, -0.25) is 0 Å². The smallest absolute Gasteiger partial charge is 0.115 e. The van der Waals surface area contributed by atoms with Gasteiger partial charge in [0.1, 0.15) is 5.75 Å². The quantitative estimate of drug-likeness (QED) is 0.869. The fraction of sp³-hybridized carbons (Fsp3) is 0.667. The average Bonchev–Trinajstić information content (AvgIpc) is 2.49. The number of aromatic hydroxyl groups is 1. The average molecular weight is 275 g/mol. The first-order chi connectivity index (χ1) is 9.60. The second kappa shape index (κ2) is 7.12. The van der Waals surface area contributed by atoms with Crippen molar-refractivity contribution < 1.29 is 5.11 Å². The van der Waals surface area contributed by atoms with Crippen molar-refractivity contribution in [3.63, 3.8) is 0 Å². The Kier molecular flexibility index (Phi) is 5.47. The molecule has 1 aromatic carbocycles. The fourth-order valence-electron chi connectivity index (χ4n) is 3.44. The second-order valence-electron chi connectivity index (χ2n) is 6.47. The summed E-state index contributed by atoms with van der Waals surface area (Å²) in [4.78, 5) is 2.57. The van der Waals surface area contributed by atoms with Crippen molar-refractivity contribution in [1.82, 2.24) is 4.90 Å². The molecule has 0 bridgehead atoms. The summed E-state index contributed by atoms with van der Waals surface area (Å²) in [5.74, 6) is 1.32. The number of likely N-dealkylation sites (N-methyl/N-ethyl adjacent to an activating group) is 1. The second-order valence-corrected chi connectivity index (χ2v) is 6.47. The first kappa shape index (κ1) is 15.4. The molecule has 0 heterocycles. The SMILES string of the molecule is CCC1CCC(N(C)C(C)Cc2ccc(O)cc2)CC1. The highest BCUT2D eigenvalue weighted by Gasteiger charge is 2.25. The molecule has 0 amide bonds. The highest BCUT2D eigenvalue weighted by atomic mass is 16.3. The van der Waals surface area contributed by atoms with E-state index < -0.39 is 0 Å². The minimum absolute atomic E-state index is 0.354. The first-order valence-corrected chi connectivity index (χ1v) is 8.10. The van der Waals surface area contributed by atoms with Crippen molar-refractivity contribution in [3.05, 3.63) is 29.8 Å². The van der Waals surface area contributed by atoms with E-state index in [1.54, 1.807) is 12.1 Å². The number of benzene rings is 1. The van der Waals surface area contributed by atoms with Gasteiger partial charge in [-0.05, 0) is 69.7 Å². The number of hydrogen-bond donors (Lipinski definition) is 1. The zero-order chi connectivity index (χ0) is 14.5. The van der Waals surface area contributed by atoms with Crippen molar-refractivity contribution in [2.75, 3.05) is 7.05 Å². The van der Waals surface area contributed by atoms with Gasteiger partial charge in [-0.1, -0.05) is 25.5 Å². The van der Waals surface area contributed by atoms with Gasteiger partial charge in [-0.25, -0.2) is 0 Å². The van der Waals surface area contributed by atoms with Gasteiger partial charge < -0.3 is 10.0 Å². The summed E-state index contributed by atoms with van der Waals surface area (Å²) in [6.07, 6.45) is 7.92. The topological polar surface area (TPSA) is 23.5 Å². The van der Waals surface area contributed by atoms with Crippen LogP contribution in [0.2, 0.25) is 0 Å². The summed E-state index contributed by atoms with van der Waals surface area (Å²) in [6.45, 7) is 4.64. The number of hydrogen-bond acceptors (Lipinski definition) is 2. The lowest BCUT2D eigenvalue weighted by Crippen LogP contribution is -2.41. The molecule has 112 valence electrons. The van der Waals surface area contributed by atoms with Crippen LogP contribution in [0.5, 0.6) is 5.75 Å². The van der Waals surface area contributed by atoms with Gasteiger partial charge in [0.05, 0.1) is 0 Å². The van der Waals surface area contributed by atoms with E-state index in [0.717, 1.165) is 18.4 Å². The number of rotatable bonds is 5. The predicted octanol–water partition coefficient (Wildman–Crippen LogP) is 4.22. The highest BCUT2D eigenvalue weighted by Crippen LogP contribution is 2.30. The lowest BCUT2D eigenvalue weighted by molar-refractivity contribution is 0.126. The van der Waals surface area contributed by atoms with Crippen LogP contribution in [0.4, 0.5) is 0 Å². The summed E-state index contributed by atoms with van der Waals surface area (Å²) >= 11 is 0. The Balaban J connectivity index is 1.85. The van der Waals surface area contributed by atoms with Crippen molar-refractivity contribution in [2.24, 2.45) is 5.92 Å². The maximum absolute atomic E-state index is 9.34. The molecule has 20 heavy (non-hydrogen) atoms. The van der Waals surface area contributed by atoms with Gasteiger partial charge in [0.25, 0.3) is 0 Å². The van der Waals surface area contributed by atoms with Crippen LogP contribution in [0.1, 0.15) is 51.5 Å². The molecule has 0 aliphatic heterocycles. The zero-order valence-corrected chi connectivity index (χ0v) is 13.2. The molecular weight excluding hydrogens is 246 g/mol. The van der Waals surface area contributed by atoms with Crippen LogP contribution in [0.3, 0.4) is 0 Å². The largest absolute Gasteiger partial charge is 0.508 e. The standard InChI is InChI=1S/C18H29NO/c1-4-15-5-9-17(10-6-15)19(3)14(2)13-16-7-11-18(20)12-8-16/h7-8,11-12,14-15,17,20H,4-6,9-10,13H2,1-3H3. The Morgan fingerprint density at radius 1 is 1.15 bits per heavy atom. The highest BCUT2D eigenvalue weighted by molar-refractivity contribution is 5.26. The molecule has 2 rings (SSSR count). The normalized spacial score (nSPS) is 24.8. The van der Waals surface area contributed by atoms with E-state index in [1.165, 1.54) is 37.7 Å². The van der Waals surface area contributed by atoms with Crippen LogP contribution in [-0.2, 0) is 6.42 Å². The third-order valence-electron chi connectivity index (χ3n) is 5.13. The Morgan fingerprint density at radius 3 is 2.30 bits per heavy atom. The van der Waals surface area contributed by atoms with Gasteiger partial charge in [0.2, 0.25) is 0 Å². The molecule has 1 N–H and O–H groups in total. The van der Waals surface area contributed by atoms with Crippen LogP contribution in [0.25, 0.3) is 0 Å². The lowest BCUT2D eigenvalue weighted by Gasteiger charge is -2.38. The van der Waals surface area contributed by atoms with Crippen molar-refractivity contribution in [3.8, 4) is 5.75 Å². The molecule has 0 spiro atoms. The van der Waals surface area contributed by atoms with E-state index in [-0.39, 0.29) is 0 Å². The molecule has 2 heteroatoms. The maximum atomic E-state index is 9.34. The van der Waals surface area contributed by atoms with E-state index in [0.29, 0.717) is 11.8 Å². The summed E-state index contributed by atoms with van der Waals surface area (Å²) < 4.78 is 0. The number of nitrogens with zero attached hydrogens (tertiary/aromatic N) is 1. The summed E-state index contributed by atoms with van der Waals surface area (Å²) in [5, 5.41) is 9.34. The van der Waals surface area contributed by atoms with Crippen LogP contribution in [0, 0.1) is 5.92 Å². The third kappa shape index (κ3) is 3.99. The van der Waals surface area contributed by atoms with E-state index in [2.05, 4.69) is 25.8 Å². The molecule has 1 aromatic rings. The van der Waals surface area contributed by atoms with Gasteiger partial charge in [-0.15, -0.1) is 0 Å². The minimum atomic E-state index is 0.354. The van der Waals surface area contributed by atoms with Gasteiger partial charge in [0.15, 0.2) is 0 Å². The van der Waals surface area contributed by atoms with E-state index in [4.69, 9.17) is 0 Å². The molecule has 0 saturated heterocycles. The number of phenolic OH excluding ortho intramolecular Hbond substituents is 1. The van der Waals surface area contributed by atoms with Crippen LogP contribution >= 0.6 is 0 Å². The minimum Gasteiger partial charge on any atom is -0.508 e. The lowest BCUT2D eigenvalue weighted by atomic mass is 9.83. The van der Waals surface area contributed by atoms with Gasteiger partial charge >= 0.3 is 0 Å². The molecule has 1 fully saturated rings. The van der Waals surface area contributed by atoms with Crippen LogP contribution in [-0.4, -0.2) is 29.1 Å². The van der Waals surface area contributed by atoms with E-state index >= 15 is 0 Å². The van der Waals surface area contributed by atoms with Crippen molar-refractivity contribution in [2.45, 2.75) is 64.5 Å². The molecule has 1 aliphatic rings. The molecular formula is C18H29NO. The van der Waals surface area contributed by atoms with Crippen LogP contribution in [0.15, 0.2) is 24.3 Å². The Bertz CT molecular complexity index is 392. The molecule has 2 nitrogen and oxygen atoms in total. The number of phenols is 1. The summed E-state index contributed by atoms with van der Waals surface area (Å²) in [6, 6.07) is 8.96. The molecule has 1 atom stereocenters. The first-order valence-electron chi connectivity index (χ1n) is 8.10. The Hall–Kier alpha value is -1.02. The predicted molar refractivity (Wildman–Crippen MR) is 85.1 cm³/mol. The Labute approximate surface area is 123 Å². The van der Waals surface area contributed by atoms with E-state index in [9.17, 15) is 5.11 Å². The monoisotopic (exact) mass is 275 g/mol. The maximum Gasteiger partial charge on any atom is 0.115 e. The van der Waals surface area contributed by atoms with Crippen molar-refractivity contribution in [1.29, 1.82) is 0 Å². The Morgan fingerprint density at radius 2 is 1.75 bits per heavy atom. The third-order valence-corrected chi connectivity index (χ3v) is 5.13. The van der Waals surface area contributed by atoms with Gasteiger partial charge in [0, 0.05) is 12.1 Å². The molecule has 1 saturated carbocycles. The molecule has 0 radical (unpaired) electrons. The molecule has 1 unspecified atom stereocenters. The fourth-order valence-corrected chi connectivity index (χ4v) is 3.44. The summed E-state index contributed by atoms with van der Waals surface area (Å²) in [5.41, 5.74) is 1.31. The molecule has 1 aliphatic carbocycles. The molecule has 0 aromatic heterocycles. The van der Waals surface area contributed by atoms with E-state index in [1.807, 2.05) is 12.1 Å². The van der Waals surface area contributed by atoms with Crippen molar-refractivity contribution >= 4 is 0 Å². The summed E-state index contributed by atoms with van der Waals surface area (Å²) in [7, 11) is 2.28. The van der Waals surface area contributed by atoms with Gasteiger partial charge in [-0.2, -0.15) is 0 Å². The zero-order valence-electron chi connectivity index (χ0n) is 13.2. The van der Waals surface area contributed by atoms with Crippen LogP contribution < -0.4 is 0 Å².